The van der Waals surface area contributed by atoms with Crippen molar-refractivity contribution in [2.24, 2.45) is 5.73 Å². The molecular formula is C14H15F3N2S. The number of halogens is 3. The van der Waals surface area contributed by atoms with Crippen LogP contribution in [-0.2, 0) is 11.7 Å². The highest BCUT2D eigenvalue weighted by Crippen LogP contribution is 2.38. The number of benzene rings is 1. The molecule has 1 atom stereocenters. The predicted molar refractivity (Wildman–Crippen MR) is 73.7 cm³/mol. The zero-order valence-electron chi connectivity index (χ0n) is 11.4. The van der Waals surface area contributed by atoms with Crippen LogP contribution >= 0.6 is 11.3 Å². The lowest BCUT2D eigenvalue weighted by Crippen LogP contribution is -2.34. The van der Waals surface area contributed by atoms with Gasteiger partial charge in [0.25, 0.3) is 0 Å². The van der Waals surface area contributed by atoms with E-state index in [1.165, 1.54) is 6.20 Å². The molecule has 0 aliphatic rings. The van der Waals surface area contributed by atoms with E-state index in [1.54, 1.807) is 6.92 Å². The Hall–Kier alpha value is -1.40. The molecule has 0 aliphatic carbocycles. The molecule has 6 heteroatoms. The lowest BCUT2D eigenvalue weighted by Gasteiger charge is -2.26. The van der Waals surface area contributed by atoms with Crippen LogP contribution in [0.3, 0.4) is 0 Å². The summed E-state index contributed by atoms with van der Waals surface area (Å²) in [5.74, 6) is 0. The van der Waals surface area contributed by atoms with Gasteiger partial charge in [0.05, 0.1) is 5.54 Å². The maximum Gasteiger partial charge on any atom is 0.443 e. The van der Waals surface area contributed by atoms with Crippen molar-refractivity contribution < 1.29 is 13.2 Å². The quantitative estimate of drug-likeness (QED) is 0.910. The van der Waals surface area contributed by atoms with Crippen LogP contribution in [0, 0.1) is 13.8 Å². The Balaban J connectivity index is 2.49. The van der Waals surface area contributed by atoms with Gasteiger partial charge < -0.3 is 5.73 Å². The van der Waals surface area contributed by atoms with Gasteiger partial charge in [-0.2, -0.15) is 13.2 Å². The number of aromatic nitrogens is 1. The second-order valence-corrected chi connectivity index (χ2v) is 6.08. The maximum absolute atomic E-state index is 12.6. The van der Waals surface area contributed by atoms with E-state index in [1.807, 2.05) is 32.0 Å². The van der Waals surface area contributed by atoms with Crippen LogP contribution in [0.5, 0.6) is 0 Å². The van der Waals surface area contributed by atoms with Crippen LogP contribution < -0.4 is 5.73 Å². The number of nitrogens with zero attached hydrogens (tertiary/aromatic N) is 1. The van der Waals surface area contributed by atoms with Gasteiger partial charge >= 0.3 is 6.18 Å². The zero-order valence-corrected chi connectivity index (χ0v) is 12.2. The van der Waals surface area contributed by atoms with Crippen LogP contribution in [0.4, 0.5) is 13.2 Å². The molecular weight excluding hydrogens is 285 g/mol. The molecule has 108 valence electrons. The molecule has 1 unspecified atom stereocenters. The van der Waals surface area contributed by atoms with E-state index >= 15 is 0 Å². The van der Waals surface area contributed by atoms with Crippen molar-refractivity contribution in [2.45, 2.75) is 32.5 Å². The molecule has 1 heterocycles. The first-order chi connectivity index (χ1) is 9.12. The van der Waals surface area contributed by atoms with Crippen molar-refractivity contribution in [1.29, 1.82) is 0 Å². The Bertz CT molecular complexity index is 630. The lowest BCUT2D eigenvalue weighted by atomic mass is 9.87. The summed E-state index contributed by atoms with van der Waals surface area (Å²) in [5.41, 5.74) is 8.08. The van der Waals surface area contributed by atoms with E-state index in [9.17, 15) is 13.2 Å². The number of nitrogens with two attached hydrogens (primary N) is 1. The van der Waals surface area contributed by atoms with E-state index in [4.69, 9.17) is 5.73 Å². The smallest absolute Gasteiger partial charge is 0.317 e. The maximum atomic E-state index is 12.6. The molecule has 0 radical (unpaired) electrons. The Morgan fingerprint density at radius 2 is 1.85 bits per heavy atom. The minimum absolute atomic E-state index is 0.401. The summed E-state index contributed by atoms with van der Waals surface area (Å²) in [6.07, 6.45) is -3.21. The van der Waals surface area contributed by atoms with Gasteiger partial charge in [-0.05, 0) is 31.9 Å². The molecule has 0 saturated heterocycles. The molecule has 2 N–H and O–H groups in total. The van der Waals surface area contributed by atoms with Crippen LogP contribution in [0.2, 0.25) is 0 Å². The molecule has 0 amide bonds. The van der Waals surface area contributed by atoms with E-state index in [2.05, 4.69) is 4.98 Å². The predicted octanol–water partition coefficient (Wildman–Crippen LogP) is 4.00. The normalized spacial score (nSPS) is 15.2. The summed E-state index contributed by atoms with van der Waals surface area (Å²) in [4.78, 5) is 3.85. The SMILES string of the molecule is Cc1ccc(C)c(C(C)(N)c2cnc(C(F)(F)F)s2)c1. The van der Waals surface area contributed by atoms with Gasteiger partial charge in [0.2, 0.25) is 0 Å². The van der Waals surface area contributed by atoms with Crippen molar-refractivity contribution in [3.8, 4) is 0 Å². The van der Waals surface area contributed by atoms with Crippen molar-refractivity contribution in [2.75, 3.05) is 0 Å². The largest absolute Gasteiger partial charge is 0.443 e. The van der Waals surface area contributed by atoms with Crippen molar-refractivity contribution in [1.82, 2.24) is 4.98 Å². The van der Waals surface area contributed by atoms with E-state index in [-0.39, 0.29) is 0 Å². The van der Waals surface area contributed by atoms with E-state index in [0.717, 1.165) is 16.7 Å². The molecule has 1 aromatic carbocycles. The molecule has 2 rings (SSSR count). The number of thiazole rings is 1. The first-order valence-electron chi connectivity index (χ1n) is 6.02. The van der Waals surface area contributed by atoms with Crippen LogP contribution in [-0.4, -0.2) is 4.98 Å². The minimum Gasteiger partial charge on any atom is -0.317 e. The van der Waals surface area contributed by atoms with Gasteiger partial charge in [0.1, 0.15) is 0 Å². The third kappa shape index (κ3) is 2.71. The molecule has 1 aromatic heterocycles. The average Bonchev–Trinajstić information content (AvgIpc) is 2.82. The van der Waals surface area contributed by atoms with Gasteiger partial charge in [-0.15, -0.1) is 11.3 Å². The Morgan fingerprint density at radius 1 is 1.20 bits per heavy atom. The highest BCUT2D eigenvalue weighted by Gasteiger charge is 2.37. The molecule has 20 heavy (non-hydrogen) atoms. The van der Waals surface area contributed by atoms with Crippen molar-refractivity contribution in [3.05, 3.63) is 51.0 Å². The highest BCUT2D eigenvalue weighted by atomic mass is 32.1. The number of rotatable bonds is 2. The summed E-state index contributed by atoms with van der Waals surface area (Å²) in [6.45, 7) is 5.53. The van der Waals surface area contributed by atoms with E-state index < -0.39 is 16.7 Å². The third-order valence-electron chi connectivity index (χ3n) is 3.21. The van der Waals surface area contributed by atoms with Crippen molar-refractivity contribution in [3.63, 3.8) is 0 Å². The van der Waals surface area contributed by atoms with Gasteiger partial charge in [-0.1, -0.05) is 23.8 Å². The Morgan fingerprint density at radius 3 is 2.40 bits per heavy atom. The topological polar surface area (TPSA) is 38.9 Å². The number of hydrogen-bond acceptors (Lipinski definition) is 3. The first kappa shape index (κ1) is 15.0. The molecule has 0 spiro atoms. The fraction of sp³-hybridized carbons (Fsp3) is 0.357. The summed E-state index contributed by atoms with van der Waals surface area (Å²) >= 11 is 0.595. The fourth-order valence-corrected chi connectivity index (χ4v) is 2.93. The Kier molecular flexibility index (Phi) is 3.64. The number of alkyl halides is 3. The molecule has 0 aliphatic heterocycles. The second kappa shape index (κ2) is 4.86. The van der Waals surface area contributed by atoms with Crippen LogP contribution in [0.15, 0.2) is 24.4 Å². The van der Waals surface area contributed by atoms with Crippen LogP contribution in [0.25, 0.3) is 0 Å². The summed E-state index contributed by atoms with van der Waals surface area (Å²) in [6, 6.07) is 5.77. The standard InChI is InChI=1S/C14H15F3N2S/c1-8-4-5-9(2)10(6-8)13(3,18)11-7-19-12(20-11)14(15,16)17/h4-7H,18H2,1-3H3. The lowest BCUT2D eigenvalue weighted by molar-refractivity contribution is -0.137. The van der Waals surface area contributed by atoms with Gasteiger partial charge in [0, 0.05) is 11.1 Å². The highest BCUT2D eigenvalue weighted by molar-refractivity contribution is 7.11. The zero-order chi connectivity index (χ0) is 15.1. The molecule has 0 fully saturated rings. The number of aryl methyl sites for hydroxylation is 2. The molecule has 2 aromatic rings. The summed E-state index contributed by atoms with van der Waals surface area (Å²) in [7, 11) is 0. The van der Waals surface area contributed by atoms with Gasteiger partial charge in [-0.3, -0.25) is 0 Å². The van der Waals surface area contributed by atoms with E-state index in [0.29, 0.717) is 16.2 Å². The van der Waals surface area contributed by atoms with Gasteiger partial charge in [-0.25, -0.2) is 4.98 Å². The monoisotopic (exact) mass is 300 g/mol. The average molecular weight is 300 g/mol. The summed E-state index contributed by atoms with van der Waals surface area (Å²) in [5, 5.41) is -0.866. The van der Waals surface area contributed by atoms with Gasteiger partial charge in [0.15, 0.2) is 5.01 Å². The molecule has 0 bridgehead atoms. The fourth-order valence-electron chi connectivity index (χ4n) is 2.07. The molecule has 0 saturated carbocycles. The van der Waals surface area contributed by atoms with Crippen LogP contribution in [0.1, 0.15) is 33.5 Å². The van der Waals surface area contributed by atoms with Crippen molar-refractivity contribution >= 4 is 11.3 Å². The molecule has 2 nitrogen and oxygen atoms in total. The minimum atomic E-state index is -4.43. The number of hydrogen-bond donors (Lipinski definition) is 1. The second-order valence-electron chi connectivity index (χ2n) is 5.05. The Labute approximate surface area is 119 Å². The first-order valence-corrected chi connectivity index (χ1v) is 6.84. The third-order valence-corrected chi connectivity index (χ3v) is 4.49. The summed E-state index contributed by atoms with van der Waals surface area (Å²) < 4.78 is 37.9.